The fraction of sp³-hybridized carbons (Fsp3) is 0.818. The lowest BCUT2D eigenvalue weighted by Crippen LogP contribution is -2.54. The summed E-state index contributed by atoms with van der Waals surface area (Å²) in [5.41, 5.74) is 0. The Morgan fingerprint density at radius 3 is 2.71 bits per heavy atom. The number of rotatable bonds is 6. The Labute approximate surface area is 106 Å². The summed E-state index contributed by atoms with van der Waals surface area (Å²) in [4.78, 5) is 23.7. The van der Waals surface area contributed by atoms with Crippen LogP contribution < -0.4 is 5.32 Å². The van der Waals surface area contributed by atoms with Crippen molar-refractivity contribution in [1.82, 2.24) is 10.2 Å². The van der Waals surface area contributed by atoms with Crippen LogP contribution in [0.2, 0.25) is 0 Å². The van der Waals surface area contributed by atoms with Gasteiger partial charge in [0.25, 0.3) is 0 Å². The summed E-state index contributed by atoms with van der Waals surface area (Å²) in [5, 5.41) is 12.0. The van der Waals surface area contributed by atoms with Crippen molar-refractivity contribution in [2.24, 2.45) is 5.92 Å². The molecule has 17 heavy (non-hydrogen) atoms. The quantitative estimate of drug-likeness (QED) is 0.754. The van der Waals surface area contributed by atoms with Crippen LogP contribution in [0, 0.1) is 5.92 Å². The number of carbonyl (C=O) groups excluding carboxylic acids is 1. The molecule has 0 spiro atoms. The highest BCUT2D eigenvalue weighted by molar-refractivity contribution is 7.99. The standard InChI is InChI=1S/C11H20N2O3S/c1-8(17-2)3-4-12-11(16)13-6-9(7-13)5-10(14)15/h8-9H,3-7H2,1-2H3,(H,12,16)(H,14,15). The molecular formula is C11H20N2O3S. The van der Waals surface area contributed by atoms with Crippen LogP contribution in [0.15, 0.2) is 0 Å². The van der Waals surface area contributed by atoms with Crippen molar-refractivity contribution < 1.29 is 14.7 Å². The van der Waals surface area contributed by atoms with E-state index in [9.17, 15) is 9.59 Å². The highest BCUT2D eigenvalue weighted by atomic mass is 32.2. The van der Waals surface area contributed by atoms with Crippen LogP contribution in [0.1, 0.15) is 19.8 Å². The van der Waals surface area contributed by atoms with Crippen LogP contribution in [-0.4, -0.2) is 53.1 Å². The molecule has 1 rings (SSSR count). The van der Waals surface area contributed by atoms with Crippen molar-refractivity contribution in [3.05, 3.63) is 0 Å². The molecule has 0 aromatic carbocycles. The molecule has 1 aliphatic heterocycles. The zero-order valence-electron chi connectivity index (χ0n) is 10.3. The number of likely N-dealkylation sites (tertiary alicyclic amines) is 1. The Hall–Kier alpha value is -0.910. The van der Waals surface area contributed by atoms with Crippen LogP contribution in [0.25, 0.3) is 0 Å². The van der Waals surface area contributed by atoms with E-state index in [0.29, 0.717) is 24.9 Å². The van der Waals surface area contributed by atoms with Gasteiger partial charge in [0.2, 0.25) is 0 Å². The van der Waals surface area contributed by atoms with E-state index >= 15 is 0 Å². The monoisotopic (exact) mass is 260 g/mol. The van der Waals surface area contributed by atoms with Crippen molar-refractivity contribution in [2.75, 3.05) is 25.9 Å². The van der Waals surface area contributed by atoms with Crippen LogP contribution in [-0.2, 0) is 4.79 Å². The lowest BCUT2D eigenvalue weighted by atomic mass is 9.97. The zero-order chi connectivity index (χ0) is 12.8. The SMILES string of the molecule is CSC(C)CCNC(=O)N1CC(CC(=O)O)C1. The Morgan fingerprint density at radius 2 is 2.18 bits per heavy atom. The lowest BCUT2D eigenvalue weighted by molar-refractivity contribution is -0.139. The molecule has 1 aliphatic rings. The van der Waals surface area contributed by atoms with Crippen LogP contribution in [0.3, 0.4) is 0 Å². The molecule has 1 heterocycles. The number of carbonyl (C=O) groups is 2. The third-order valence-corrected chi connectivity index (χ3v) is 3.98. The van der Waals surface area contributed by atoms with Crippen LogP contribution in [0.5, 0.6) is 0 Å². The summed E-state index contributed by atoms with van der Waals surface area (Å²) in [6.07, 6.45) is 3.17. The van der Waals surface area contributed by atoms with Crippen molar-refractivity contribution in [2.45, 2.75) is 25.0 Å². The minimum Gasteiger partial charge on any atom is -0.481 e. The van der Waals surface area contributed by atoms with Gasteiger partial charge in [0.05, 0.1) is 6.42 Å². The number of carboxylic acid groups (broad SMARTS) is 1. The van der Waals surface area contributed by atoms with E-state index in [-0.39, 0.29) is 18.4 Å². The first-order chi connectivity index (χ1) is 8.02. The Bertz CT molecular complexity index is 280. The fourth-order valence-electron chi connectivity index (χ4n) is 1.72. The molecule has 0 bridgehead atoms. The molecule has 1 unspecified atom stereocenters. The molecule has 0 aliphatic carbocycles. The maximum absolute atomic E-state index is 11.6. The predicted molar refractivity (Wildman–Crippen MR) is 68.3 cm³/mol. The molecule has 0 aromatic heterocycles. The molecule has 2 amide bonds. The third-order valence-electron chi connectivity index (χ3n) is 2.94. The van der Waals surface area contributed by atoms with Crippen molar-refractivity contribution in [3.8, 4) is 0 Å². The number of carboxylic acids is 1. The summed E-state index contributed by atoms with van der Waals surface area (Å²) >= 11 is 1.78. The largest absolute Gasteiger partial charge is 0.481 e. The molecule has 98 valence electrons. The first-order valence-electron chi connectivity index (χ1n) is 5.80. The molecule has 1 atom stereocenters. The lowest BCUT2D eigenvalue weighted by Gasteiger charge is -2.38. The Balaban J connectivity index is 2.09. The van der Waals surface area contributed by atoms with Gasteiger partial charge in [0.1, 0.15) is 0 Å². The van der Waals surface area contributed by atoms with E-state index in [4.69, 9.17) is 5.11 Å². The molecule has 6 heteroatoms. The number of hydrogen-bond donors (Lipinski definition) is 2. The van der Waals surface area contributed by atoms with E-state index in [0.717, 1.165) is 6.42 Å². The fourth-order valence-corrected chi connectivity index (χ4v) is 2.08. The molecule has 0 saturated carbocycles. The third kappa shape index (κ3) is 4.85. The minimum atomic E-state index is -0.788. The summed E-state index contributed by atoms with van der Waals surface area (Å²) in [6.45, 7) is 3.94. The highest BCUT2D eigenvalue weighted by Gasteiger charge is 2.31. The zero-order valence-corrected chi connectivity index (χ0v) is 11.1. The number of nitrogens with one attached hydrogen (secondary N) is 1. The number of aliphatic carboxylic acids is 1. The van der Waals surface area contributed by atoms with E-state index in [1.807, 2.05) is 0 Å². The van der Waals surface area contributed by atoms with Gasteiger partial charge in [-0.15, -0.1) is 0 Å². The number of amides is 2. The molecule has 1 saturated heterocycles. The van der Waals surface area contributed by atoms with E-state index in [1.165, 1.54) is 0 Å². The Morgan fingerprint density at radius 1 is 1.53 bits per heavy atom. The smallest absolute Gasteiger partial charge is 0.317 e. The molecule has 1 fully saturated rings. The maximum Gasteiger partial charge on any atom is 0.317 e. The van der Waals surface area contributed by atoms with Crippen molar-refractivity contribution >= 4 is 23.8 Å². The highest BCUT2D eigenvalue weighted by Crippen LogP contribution is 2.18. The van der Waals surface area contributed by atoms with Gasteiger partial charge in [-0.05, 0) is 12.7 Å². The van der Waals surface area contributed by atoms with Gasteiger partial charge < -0.3 is 15.3 Å². The van der Waals surface area contributed by atoms with Gasteiger partial charge in [-0.2, -0.15) is 11.8 Å². The first-order valence-corrected chi connectivity index (χ1v) is 7.09. The van der Waals surface area contributed by atoms with Gasteiger partial charge in [0.15, 0.2) is 0 Å². The van der Waals surface area contributed by atoms with Gasteiger partial charge in [-0.25, -0.2) is 4.79 Å². The van der Waals surface area contributed by atoms with Crippen LogP contribution >= 0.6 is 11.8 Å². The minimum absolute atomic E-state index is 0.0695. The number of nitrogens with zero attached hydrogens (tertiary/aromatic N) is 1. The maximum atomic E-state index is 11.6. The van der Waals surface area contributed by atoms with Crippen LogP contribution in [0.4, 0.5) is 4.79 Å². The second-order valence-corrected chi connectivity index (χ2v) is 5.71. The summed E-state index contributed by atoms with van der Waals surface area (Å²) in [5.74, 6) is -0.660. The average Bonchev–Trinajstić information content (AvgIpc) is 2.21. The summed E-state index contributed by atoms with van der Waals surface area (Å²) < 4.78 is 0. The summed E-state index contributed by atoms with van der Waals surface area (Å²) in [7, 11) is 0. The normalized spacial score (nSPS) is 17.4. The number of hydrogen-bond acceptors (Lipinski definition) is 3. The van der Waals surface area contributed by atoms with E-state index < -0.39 is 5.97 Å². The topological polar surface area (TPSA) is 69.6 Å². The van der Waals surface area contributed by atoms with Gasteiger partial charge in [-0.3, -0.25) is 4.79 Å². The summed E-state index contributed by atoms with van der Waals surface area (Å²) in [6, 6.07) is -0.0695. The van der Waals surface area contributed by atoms with Crippen molar-refractivity contribution in [3.63, 3.8) is 0 Å². The molecule has 0 radical (unpaired) electrons. The predicted octanol–water partition coefficient (Wildman–Crippen LogP) is 1.24. The van der Waals surface area contributed by atoms with Crippen molar-refractivity contribution in [1.29, 1.82) is 0 Å². The second kappa shape index (κ2) is 6.74. The molecule has 5 nitrogen and oxygen atoms in total. The van der Waals surface area contributed by atoms with Gasteiger partial charge in [0, 0.05) is 30.8 Å². The molecule has 0 aromatic rings. The van der Waals surface area contributed by atoms with Gasteiger partial charge in [-0.1, -0.05) is 6.92 Å². The average molecular weight is 260 g/mol. The Kier molecular flexibility index (Phi) is 5.61. The van der Waals surface area contributed by atoms with E-state index in [1.54, 1.807) is 16.7 Å². The number of thioether (sulfide) groups is 1. The second-order valence-electron chi connectivity index (χ2n) is 4.44. The van der Waals surface area contributed by atoms with Gasteiger partial charge >= 0.3 is 12.0 Å². The number of urea groups is 1. The van der Waals surface area contributed by atoms with E-state index in [2.05, 4.69) is 18.5 Å². The molecule has 2 N–H and O–H groups in total. The first kappa shape index (κ1) is 14.2. The molecular weight excluding hydrogens is 240 g/mol.